The molecule has 0 aromatic heterocycles. The summed E-state index contributed by atoms with van der Waals surface area (Å²) < 4.78 is 13.5. The molecule has 0 spiro atoms. The highest BCUT2D eigenvalue weighted by Crippen LogP contribution is 2.34. The fourth-order valence-corrected chi connectivity index (χ4v) is 2.14. The molecule has 1 amide bonds. The van der Waals surface area contributed by atoms with E-state index in [0.717, 1.165) is 0 Å². The van der Waals surface area contributed by atoms with Gasteiger partial charge in [-0.15, -0.1) is 0 Å². The van der Waals surface area contributed by atoms with Crippen LogP contribution in [0, 0.1) is 11.7 Å². The van der Waals surface area contributed by atoms with E-state index in [0.29, 0.717) is 18.7 Å². The Labute approximate surface area is 98.3 Å². The minimum Gasteiger partial charge on any atom is -0.506 e. The number of nitrogens with zero attached hydrogens (tertiary/aromatic N) is 1. The molecule has 0 saturated carbocycles. The van der Waals surface area contributed by atoms with Crippen LogP contribution in [-0.4, -0.2) is 23.3 Å². The number of hydrogen-bond acceptors (Lipinski definition) is 3. The number of amides is 1. The van der Waals surface area contributed by atoms with Gasteiger partial charge < -0.3 is 10.0 Å². The van der Waals surface area contributed by atoms with Crippen molar-refractivity contribution in [3.63, 3.8) is 0 Å². The first-order valence-electron chi connectivity index (χ1n) is 5.02. The van der Waals surface area contributed by atoms with Crippen LogP contribution in [0.5, 0.6) is 5.75 Å². The molecule has 2 rings (SSSR count). The van der Waals surface area contributed by atoms with E-state index in [-0.39, 0.29) is 23.3 Å². The summed E-state index contributed by atoms with van der Waals surface area (Å²) in [6, 6.07) is 4.01. The zero-order valence-corrected chi connectivity index (χ0v) is 9.45. The molecule has 3 nitrogen and oxygen atoms in total. The van der Waals surface area contributed by atoms with Crippen LogP contribution >= 0.6 is 12.6 Å². The first-order chi connectivity index (χ1) is 7.63. The van der Waals surface area contributed by atoms with Gasteiger partial charge in [0, 0.05) is 13.0 Å². The molecular weight excluding hydrogens is 229 g/mol. The standard InChI is InChI=1S/C11H12FNO2S/c12-8-2-1-3-9(14)11(8)13-5-7(6-16)4-10(13)15/h1-3,7,14,16H,4-6H2. The van der Waals surface area contributed by atoms with Crippen LogP contribution in [0.15, 0.2) is 18.2 Å². The van der Waals surface area contributed by atoms with Crippen LogP contribution in [0.3, 0.4) is 0 Å². The van der Waals surface area contributed by atoms with Gasteiger partial charge >= 0.3 is 0 Å². The molecule has 1 saturated heterocycles. The molecule has 0 bridgehead atoms. The summed E-state index contributed by atoms with van der Waals surface area (Å²) in [5, 5.41) is 9.58. The topological polar surface area (TPSA) is 40.5 Å². The molecule has 1 aliphatic heterocycles. The number of para-hydroxylation sites is 1. The quantitative estimate of drug-likeness (QED) is 0.775. The highest BCUT2D eigenvalue weighted by molar-refractivity contribution is 7.80. The van der Waals surface area contributed by atoms with Crippen molar-refractivity contribution in [3.8, 4) is 5.75 Å². The van der Waals surface area contributed by atoms with Crippen LogP contribution < -0.4 is 4.90 Å². The molecule has 0 aliphatic carbocycles. The van der Waals surface area contributed by atoms with E-state index < -0.39 is 5.82 Å². The lowest BCUT2D eigenvalue weighted by Gasteiger charge is -2.18. The number of hydrogen-bond donors (Lipinski definition) is 2. The summed E-state index contributed by atoms with van der Waals surface area (Å²) in [7, 11) is 0. The van der Waals surface area contributed by atoms with Gasteiger partial charge in [0.15, 0.2) is 5.82 Å². The molecule has 1 fully saturated rings. The second kappa shape index (κ2) is 4.33. The molecule has 1 aliphatic rings. The average Bonchev–Trinajstić information content (AvgIpc) is 2.60. The van der Waals surface area contributed by atoms with Crippen molar-refractivity contribution in [1.82, 2.24) is 0 Å². The van der Waals surface area contributed by atoms with Crippen molar-refractivity contribution >= 4 is 24.2 Å². The van der Waals surface area contributed by atoms with Gasteiger partial charge in [0.05, 0.1) is 0 Å². The molecule has 1 unspecified atom stereocenters. The van der Waals surface area contributed by atoms with Gasteiger partial charge in [0.25, 0.3) is 0 Å². The Morgan fingerprint density at radius 1 is 1.56 bits per heavy atom. The van der Waals surface area contributed by atoms with E-state index in [1.807, 2.05) is 0 Å². The first kappa shape index (κ1) is 11.3. The molecule has 86 valence electrons. The number of aromatic hydroxyl groups is 1. The first-order valence-corrected chi connectivity index (χ1v) is 5.65. The second-order valence-corrected chi connectivity index (χ2v) is 4.23. The maximum Gasteiger partial charge on any atom is 0.227 e. The minimum atomic E-state index is -0.576. The zero-order valence-electron chi connectivity index (χ0n) is 8.56. The van der Waals surface area contributed by atoms with Gasteiger partial charge in [-0.05, 0) is 23.8 Å². The second-order valence-electron chi connectivity index (χ2n) is 3.86. The Kier molecular flexibility index (Phi) is 3.05. The predicted octanol–water partition coefficient (Wildman–Crippen LogP) is 1.81. The third-order valence-corrected chi connectivity index (χ3v) is 3.22. The van der Waals surface area contributed by atoms with Crippen LogP contribution in [-0.2, 0) is 4.79 Å². The van der Waals surface area contributed by atoms with E-state index in [1.54, 1.807) is 0 Å². The van der Waals surface area contributed by atoms with Crippen molar-refractivity contribution < 1.29 is 14.3 Å². The van der Waals surface area contributed by atoms with E-state index in [1.165, 1.54) is 23.1 Å². The highest BCUT2D eigenvalue weighted by Gasteiger charge is 2.32. The lowest BCUT2D eigenvalue weighted by Crippen LogP contribution is -2.25. The van der Waals surface area contributed by atoms with Gasteiger partial charge in [0.1, 0.15) is 11.4 Å². The average molecular weight is 241 g/mol. The van der Waals surface area contributed by atoms with Crippen molar-refractivity contribution in [3.05, 3.63) is 24.0 Å². The number of benzene rings is 1. The molecule has 16 heavy (non-hydrogen) atoms. The van der Waals surface area contributed by atoms with Crippen molar-refractivity contribution in [2.45, 2.75) is 6.42 Å². The Hall–Kier alpha value is -1.23. The highest BCUT2D eigenvalue weighted by atomic mass is 32.1. The fraction of sp³-hybridized carbons (Fsp3) is 0.364. The molecule has 1 aromatic carbocycles. The Morgan fingerprint density at radius 2 is 2.31 bits per heavy atom. The van der Waals surface area contributed by atoms with Gasteiger partial charge in [-0.3, -0.25) is 4.79 Å². The number of phenolic OH excluding ortho intramolecular Hbond substituents is 1. The Balaban J connectivity index is 2.35. The van der Waals surface area contributed by atoms with Gasteiger partial charge in [-0.1, -0.05) is 6.07 Å². The normalized spacial score (nSPS) is 20.5. The minimum absolute atomic E-state index is 0.0169. The molecule has 1 atom stereocenters. The van der Waals surface area contributed by atoms with Gasteiger partial charge in [-0.25, -0.2) is 4.39 Å². The zero-order chi connectivity index (χ0) is 11.7. The monoisotopic (exact) mass is 241 g/mol. The lowest BCUT2D eigenvalue weighted by atomic mass is 10.1. The van der Waals surface area contributed by atoms with Crippen LogP contribution in [0.25, 0.3) is 0 Å². The van der Waals surface area contributed by atoms with Gasteiger partial charge in [0.2, 0.25) is 5.91 Å². The Morgan fingerprint density at radius 3 is 2.88 bits per heavy atom. The smallest absolute Gasteiger partial charge is 0.227 e. The summed E-state index contributed by atoms with van der Waals surface area (Å²) in [6.07, 6.45) is 0.358. The molecular formula is C11H12FNO2S. The van der Waals surface area contributed by atoms with E-state index in [9.17, 15) is 14.3 Å². The fourth-order valence-electron chi connectivity index (χ4n) is 1.89. The number of phenols is 1. The van der Waals surface area contributed by atoms with Crippen molar-refractivity contribution in [2.75, 3.05) is 17.2 Å². The van der Waals surface area contributed by atoms with E-state index in [2.05, 4.69) is 12.6 Å². The van der Waals surface area contributed by atoms with Crippen LogP contribution in [0.4, 0.5) is 10.1 Å². The lowest BCUT2D eigenvalue weighted by molar-refractivity contribution is -0.117. The molecule has 5 heteroatoms. The number of carbonyl (C=O) groups is 1. The number of carbonyl (C=O) groups excluding carboxylic acids is 1. The largest absolute Gasteiger partial charge is 0.506 e. The summed E-state index contributed by atoms with van der Waals surface area (Å²) in [5.41, 5.74) is -0.0169. The summed E-state index contributed by atoms with van der Waals surface area (Å²) in [4.78, 5) is 13.0. The number of thiol groups is 1. The SMILES string of the molecule is O=C1CC(CS)CN1c1c(O)cccc1F. The number of anilines is 1. The summed E-state index contributed by atoms with van der Waals surface area (Å²) in [5.74, 6) is -0.243. The molecule has 1 N–H and O–H groups in total. The van der Waals surface area contributed by atoms with Crippen LogP contribution in [0.2, 0.25) is 0 Å². The third kappa shape index (κ3) is 1.87. The van der Waals surface area contributed by atoms with Gasteiger partial charge in [-0.2, -0.15) is 12.6 Å². The number of halogens is 1. The third-order valence-electron chi connectivity index (χ3n) is 2.70. The van der Waals surface area contributed by atoms with E-state index in [4.69, 9.17) is 0 Å². The van der Waals surface area contributed by atoms with Crippen molar-refractivity contribution in [1.29, 1.82) is 0 Å². The predicted molar refractivity (Wildman–Crippen MR) is 62.4 cm³/mol. The molecule has 0 radical (unpaired) electrons. The van der Waals surface area contributed by atoms with Crippen molar-refractivity contribution in [2.24, 2.45) is 5.92 Å². The molecule has 1 aromatic rings. The maximum absolute atomic E-state index is 13.5. The molecule has 1 heterocycles. The maximum atomic E-state index is 13.5. The Bertz CT molecular complexity index is 404. The van der Waals surface area contributed by atoms with E-state index >= 15 is 0 Å². The summed E-state index contributed by atoms with van der Waals surface area (Å²) >= 11 is 4.13. The summed E-state index contributed by atoms with van der Waals surface area (Å²) in [6.45, 7) is 0.414. The van der Waals surface area contributed by atoms with Crippen LogP contribution in [0.1, 0.15) is 6.42 Å². The number of rotatable bonds is 2.